The van der Waals surface area contributed by atoms with E-state index in [0.717, 1.165) is 6.20 Å². The molecule has 1 aliphatic rings. The number of ether oxygens (including phenoxy) is 1. The van der Waals surface area contributed by atoms with E-state index < -0.39 is 16.0 Å². The zero-order chi connectivity index (χ0) is 13.9. The molecule has 2 rings (SSSR count). The predicted molar refractivity (Wildman–Crippen MR) is 67.0 cm³/mol. The molecule has 104 valence electrons. The summed E-state index contributed by atoms with van der Waals surface area (Å²) in [5.74, 6) is -0.707. The molecule has 2 N–H and O–H groups in total. The molecule has 1 aliphatic carbocycles. The molecule has 0 amide bonds. The second-order valence-corrected chi connectivity index (χ2v) is 5.75. The Morgan fingerprint density at radius 3 is 2.84 bits per heavy atom. The van der Waals surface area contributed by atoms with Crippen molar-refractivity contribution in [3.63, 3.8) is 0 Å². The molecule has 0 fully saturated rings. The minimum Gasteiger partial charge on any atom is -0.462 e. The number of aromatic amines is 1. The zero-order valence-electron chi connectivity index (χ0n) is 10.4. The molecule has 0 spiro atoms. The highest BCUT2D eigenvalue weighted by Crippen LogP contribution is 2.17. The zero-order valence-corrected chi connectivity index (χ0v) is 11.2. The molecule has 1 aromatic rings. The van der Waals surface area contributed by atoms with Gasteiger partial charge in [-0.3, -0.25) is 5.10 Å². The molecule has 0 unspecified atom stereocenters. The molecule has 0 aliphatic heterocycles. The number of hydrogen-bond donors (Lipinski definition) is 2. The molecule has 1 heterocycles. The van der Waals surface area contributed by atoms with Gasteiger partial charge in [-0.1, -0.05) is 12.2 Å². The van der Waals surface area contributed by atoms with E-state index in [1.807, 2.05) is 12.2 Å². The lowest BCUT2D eigenvalue weighted by Gasteiger charge is -2.12. The number of nitrogens with one attached hydrogen (secondary N) is 2. The van der Waals surface area contributed by atoms with E-state index in [1.165, 1.54) is 0 Å². The van der Waals surface area contributed by atoms with Crippen molar-refractivity contribution in [2.75, 3.05) is 6.61 Å². The summed E-state index contributed by atoms with van der Waals surface area (Å²) in [6.45, 7) is 1.82. The van der Waals surface area contributed by atoms with Gasteiger partial charge in [0.25, 0.3) is 10.0 Å². The first-order chi connectivity index (χ1) is 9.04. The molecule has 0 radical (unpaired) electrons. The van der Waals surface area contributed by atoms with Crippen LogP contribution < -0.4 is 4.72 Å². The molecule has 7 nitrogen and oxygen atoms in total. The second kappa shape index (κ2) is 5.54. The third-order valence-corrected chi connectivity index (χ3v) is 4.19. The quantitative estimate of drug-likeness (QED) is 0.609. The van der Waals surface area contributed by atoms with Crippen molar-refractivity contribution in [3.8, 4) is 0 Å². The molecule has 0 atom stereocenters. The van der Waals surface area contributed by atoms with Gasteiger partial charge in [-0.15, -0.1) is 0 Å². The van der Waals surface area contributed by atoms with E-state index in [0.29, 0.717) is 12.8 Å². The molecular formula is C11H15N3O4S. The lowest BCUT2D eigenvalue weighted by Crippen LogP contribution is -2.34. The van der Waals surface area contributed by atoms with Crippen molar-refractivity contribution in [1.82, 2.24) is 14.9 Å². The number of carbonyl (C=O) groups excluding carboxylic acids is 1. The number of carbonyl (C=O) groups is 1. The average Bonchev–Trinajstić information content (AvgIpc) is 2.98. The van der Waals surface area contributed by atoms with Crippen LogP contribution >= 0.6 is 0 Å². The lowest BCUT2D eigenvalue weighted by atomic mass is 10.3. The van der Waals surface area contributed by atoms with Crippen molar-refractivity contribution in [2.45, 2.75) is 30.8 Å². The van der Waals surface area contributed by atoms with E-state index in [1.54, 1.807) is 6.92 Å². The van der Waals surface area contributed by atoms with Crippen LogP contribution in [0.25, 0.3) is 0 Å². The van der Waals surface area contributed by atoms with Gasteiger partial charge in [0.15, 0.2) is 5.03 Å². The number of rotatable bonds is 5. The lowest BCUT2D eigenvalue weighted by molar-refractivity contribution is 0.0522. The Bertz CT molecular complexity index is 583. The summed E-state index contributed by atoms with van der Waals surface area (Å²) in [6, 6.07) is -0.177. The van der Waals surface area contributed by atoms with Gasteiger partial charge in [-0.2, -0.15) is 5.10 Å². The maximum absolute atomic E-state index is 12.2. The normalized spacial score (nSPS) is 15.8. The van der Waals surface area contributed by atoms with Crippen LogP contribution in [0.1, 0.15) is 30.1 Å². The Morgan fingerprint density at radius 1 is 1.53 bits per heavy atom. The highest BCUT2D eigenvalue weighted by atomic mass is 32.2. The van der Waals surface area contributed by atoms with E-state index in [4.69, 9.17) is 4.74 Å². The Hall–Kier alpha value is -1.67. The summed E-state index contributed by atoms with van der Waals surface area (Å²) in [5.41, 5.74) is -0.0830. The van der Waals surface area contributed by atoms with Gasteiger partial charge >= 0.3 is 5.97 Å². The maximum Gasteiger partial charge on any atom is 0.342 e. The van der Waals surface area contributed by atoms with Gasteiger partial charge in [0.2, 0.25) is 0 Å². The Labute approximate surface area is 111 Å². The minimum absolute atomic E-state index is 0.0830. The fourth-order valence-corrected chi connectivity index (χ4v) is 3.17. The van der Waals surface area contributed by atoms with Crippen LogP contribution in [0.2, 0.25) is 0 Å². The van der Waals surface area contributed by atoms with Crippen LogP contribution in [-0.2, 0) is 14.8 Å². The molecule has 0 aromatic carbocycles. The number of nitrogens with zero attached hydrogens (tertiary/aromatic N) is 1. The first-order valence-electron chi connectivity index (χ1n) is 5.92. The van der Waals surface area contributed by atoms with Crippen LogP contribution in [0.4, 0.5) is 0 Å². The van der Waals surface area contributed by atoms with Crippen molar-refractivity contribution in [1.29, 1.82) is 0 Å². The number of sulfonamides is 1. The molecule has 0 saturated heterocycles. The van der Waals surface area contributed by atoms with Crippen molar-refractivity contribution in [2.24, 2.45) is 0 Å². The van der Waals surface area contributed by atoms with Crippen molar-refractivity contribution < 1.29 is 17.9 Å². The third kappa shape index (κ3) is 3.02. The van der Waals surface area contributed by atoms with Gasteiger partial charge in [-0.05, 0) is 19.8 Å². The summed E-state index contributed by atoms with van der Waals surface area (Å²) in [6.07, 6.45) is 6.25. The first kappa shape index (κ1) is 13.8. The standard InChI is InChI=1S/C11H15N3O4S/c1-2-18-11(15)9-7-12-13-10(9)19(16,17)14-8-5-3-4-6-8/h3-4,7-8,14H,2,5-6H2,1H3,(H,12,13). The molecular weight excluding hydrogens is 270 g/mol. The van der Waals surface area contributed by atoms with E-state index in [9.17, 15) is 13.2 Å². The Morgan fingerprint density at radius 2 is 2.21 bits per heavy atom. The highest BCUT2D eigenvalue weighted by Gasteiger charge is 2.28. The third-order valence-electron chi connectivity index (χ3n) is 2.70. The molecule has 0 saturated carbocycles. The van der Waals surface area contributed by atoms with E-state index >= 15 is 0 Å². The number of aromatic nitrogens is 2. The van der Waals surface area contributed by atoms with Gasteiger partial charge < -0.3 is 4.74 Å². The summed E-state index contributed by atoms with van der Waals surface area (Å²) in [5, 5.41) is 5.69. The van der Waals surface area contributed by atoms with Gasteiger partial charge in [0, 0.05) is 6.04 Å². The van der Waals surface area contributed by atoms with Crippen LogP contribution in [-0.4, -0.2) is 37.2 Å². The first-order valence-corrected chi connectivity index (χ1v) is 7.40. The van der Waals surface area contributed by atoms with Crippen LogP contribution in [0.15, 0.2) is 23.4 Å². The monoisotopic (exact) mass is 285 g/mol. The SMILES string of the molecule is CCOC(=O)c1cn[nH]c1S(=O)(=O)NC1CC=CC1. The molecule has 8 heteroatoms. The topological polar surface area (TPSA) is 101 Å². The van der Waals surface area contributed by atoms with Gasteiger partial charge in [-0.25, -0.2) is 17.9 Å². The molecule has 0 bridgehead atoms. The molecule has 1 aromatic heterocycles. The second-order valence-electron chi connectivity index (χ2n) is 4.09. The maximum atomic E-state index is 12.2. The fourth-order valence-electron chi connectivity index (χ4n) is 1.83. The summed E-state index contributed by atoms with van der Waals surface area (Å²) in [4.78, 5) is 11.6. The van der Waals surface area contributed by atoms with Crippen molar-refractivity contribution in [3.05, 3.63) is 23.9 Å². The number of H-pyrrole nitrogens is 1. The van der Waals surface area contributed by atoms with Crippen LogP contribution in [0.3, 0.4) is 0 Å². The molecule has 19 heavy (non-hydrogen) atoms. The fraction of sp³-hybridized carbons (Fsp3) is 0.455. The van der Waals surface area contributed by atoms with Crippen LogP contribution in [0.5, 0.6) is 0 Å². The van der Waals surface area contributed by atoms with E-state index in [2.05, 4.69) is 14.9 Å². The summed E-state index contributed by atoms with van der Waals surface area (Å²) < 4.78 is 31.6. The van der Waals surface area contributed by atoms with E-state index in [-0.39, 0.29) is 23.2 Å². The Balaban J connectivity index is 2.20. The Kier molecular flexibility index (Phi) is 4.01. The highest BCUT2D eigenvalue weighted by molar-refractivity contribution is 7.89. The summed E-state index contributed by atoms with van der Waals surface area (Å²) in [7, 11) is -3.80. The summed E-state index contributed by atoms with van der Waals surface area (Å²) >= 11 is 0. The largest absolute Gasteiger partial charge is 0.462 e. The van der Waals surface area contributed by atoms with Gasteiger partial charge in [0.1, 0.15) is 5.56 Å². The average molecular weight is 285 g/mol. The van der Waals surface area contributed by atoms with Crippen LogP contribution in [0, 0.1) is 0 Å². The predicted octanol–water partition coefficient (Wildman–Crippen LogP) is 0.583. The minimum atomic E-state index is -3.80. The van der Waals surface area contributed by atoms with Crippen molar-refractivity contribution >= 4 is 16.0 Å². The number of hydrogen-bond acceptors (Lipinski definition) is 5. The van der Waals surface area contributed by atoms with Gasteiger partial charge in [0.05, 0.1) is 12.8 Å². The smallest absolute Gasteiger partial charge is 0.342 e. The number of esters is 1.